The Morgan fingerprint density at radius 3 is 2.19 bits per heavy atom. The van der Waals surface area contributed by atoms with E-state index in [0.29, 0.717) is 22.1 Å². The monoisotopic (exact) mass is 579 g/mol. The van der Waals surface area contributed by atoms with Gasteiger partial charge < -0.3 is 13.9 Å². The van der Waals surface area contributed by atoms with Crippen LogP contribution in [0.3, 0.4) is 0 Å². The molecule has 6 nitrogen and oxygen atoms in total. The quantitative estimate of drug-likeness (QED) is 0.194. The number of rotatable bonds is 7. The SMILES string of the molecule is COC(=O)C1(c2ccc(-c3ccc(-c4oc5ccc(C)cc5c4NC(=O)OC(C)c4ccccc4Cl)cc3)cc2)CC1. The van der Waals surface area contributed by atoms with E-state index in [1.807, 2.05) is 91.9 Å². The van der Waals surface area contributed by atoms with Gasteiger partial charge in [-0.2, -0.15) is 0 Å². The lowest BCUT2D eigenvalue weighted by atomic mass is 9.93. The molecular weight excluding hydrogens is 550 g/mol. The Morgan fingerprint density at radius 2 is 1.55 bits per heavy atom. The lowest BCUT2D eigenvalue weighted by Gasteiger charge is -2.15. The fourth-order valence-electron chi connectivity index (χ4n) is 5.43. The zero-order valence-electron chi connectivity index (χ0n) is 23.6. The van der Waals surface area contributed by atoms with Crippen LogP contribution in [0.1, 0.15) is 42.6 Å². The minimum Gasteiger partial charge on any atom is -0.468 e. The van der Waals surface area contributed by atoms with E-state index in [-0.39, 0.29) is 5.97 Å². The van der Waals surface area contributed by atoms with Crippen LogP contribution in [0.5, 0.6) is 0 Å². The van der Waals surface area contributed by atoms with Gasteiger partial charge in [0.25, 0.3) is 0 Å². The average molecular weight is 580 g/mol. The number of esters is 1. The van der Waals surface area contributed by atoms with Crippen LogP contribution in [-0.4, -0.2) is 19.2 Å². The molecule has 1 fully saturated rings. The van der Waals surface area contributed by atoms with Gasteiger partial charge in [0.15, 0.2) is 5.76 Å². The van der Waals surface area contributed by atoms with Gasteiger partial charge in [-0.05, 0) is 61.6 Å². The molecule has 1 atom stereocenters. The number of hydrogen-bond acceptors (Lipinski definition) is 5. The van der Waals surface area contributed by atoms with Crippen LogP contribution in [0.25, 0.3) is 33.4 Å². The molecule has 7 heteroatoms. The van der Waals surface area contributed by atoms with Gasteiger partial charge in [0.2, 0.25) is 0 Å². The van der Waals surface area contributed by atoms with E-state index in [4.69, 9.17) is 25.5 Å². The Labute approximate surface area is 249 Å². The molecule has 6 rings (SSSR count). The van der Waals surface area contributed by atoms with Crippen LogP contribution in [0, 0.1) is 6.92 Å². The van der Waals surface area contributed by atoms with Crippen molar-refractivity contribution in [3.63, 3.8) is 0 Å². The minimum absolute atomic E-state index is 0.174. The molecule has 0 bridgehead atoms. The topological polar surface area (TPSA) is 77.8 Å². The van der Waals surface area contributed by atoms with Gasteiger partial charge in [0.05, 0.1) is 18.2 Å². The minimum atomic E-state index is -0.607. The van der Waals surface area contributed by atoms with Gasteiger partial charge in [0.1, 0.15) is 11.7 Å². The van der Waals surface area contributed by atoms with Crippen molar-refractivity contribution < 1.29 is 23.5 Å². The Kier molecular flexibility index (Phi) is 7.25. The second-order valence-corrected chi connectivity index (χ2v) is 11.1. The maximum atomic E-state index is 13.1. The summed E-state index contributed by atoms with van der Waals surface area (Å²) in [6.07, 6.45) is 0.473. The number of halogens is 1. The third kappa shape index (κ3) is 5.14. The number of methoxy groups -OCH3 is 1. The molecule has 1 N–H and O–H groups in total. The predicted octanol–water partition coefficient (Wildman–Crippen LogP) is 9.24. The van der Waals surface area contributed by atoms with E-state index < -0.39 is 17.6 Å². The van der Waals surface area contributed by atoms with Crippen molar-refractivity contribution in [1.29, 1.82) is 0 Å². The number of ether oxygens (including phenoxy) is 2. The average Bonchev–Trinajstić information content (AvgIpc) is 3.75. The Balaban J connectivity index is 1.27. The third-order valence-corrected chi connectivity index (χ3v) is 8.29. The molecule has 212 valence electrons. The third-order valence-electron chi connectivity index (χ3n) is 7.94. The summed E-state index contributed by atoms with van der Waals surface area (Å²) in [6, 6.07) is 29.2. The summed E-state index contributed by atoms with van der Waals surface area (Å²) in [7, 11) is 1.44. The molecule has 42 heavy (non-hydrogen) atoms. The first-order chi connectivity index (χ1) is 20.3. The summed E-state index contributed by atoms with van der Waals surface area (Å²) >= 11 is 6.31. The van der Waals surface area contributed by atoms with Crippen molar-refractivity contribution in [2.24, 2.45) is 0 Å². The maximum Gasteiger partial charge on any atom is 0.412 e. The van der Waals surface area contributed by atoms with Gasteiger partial charge in [0, 0.05) is 21.5 Å². The Hall–Kier alpha value is -4.55. The molecule has 4 aromatic carbocycles. The number of fused-ring (bicyclic) bond motifs is 1. The van der Waals surface area contributed by atoms with E-state index in [9.17, 15) is 9.59 Å². The van der Waals surface area contributed by atoms with E-state index in [2.05, 4.69) is 5.32 Å². The molecule has 1 aliphatic carbocycles. The van der Waals surface area contributed by atoms with E-state index in [0.717, 1.165) is 51.6 Å². The summed E-state index contributed by atoms with van der Waals surface area (Å²) in [6.45, 7) is 3.77. The molecule has 0 saturated heterocycles. The number of benzene rings is 4. The van der Waals surface area contributed by atoms with Crippen LogP contribution in [0.15, 0.2) is 95.4 Å². The van der Waals surface area contributed by atoms with E-state index in [1.54, 1.807) is 13.0 Å². The van der Waals surface area contributed by atoms with Crippen molar-refractivity contribution >= 4 is 40.3 Å². The first-order valence-corrected chi connectivity index (χ1v) is 14.2. The number of aryl methyl sites for hydroxylation is 1. The van der Waals surface area contributed by atoms with Crippen LogP contribution < -0.4 is 5.32 Å². The summed E-state index contributed by atoms with van der Waals surface area (Å²) in [5, 5.41) is 4.25. The highest BCUT2D eigenvalue weighted by Crippen LogP contribution is 2.49. The van der Waals surface area contributed by atoms with Crippen LogP contribution in [-0.2, 0) is 19.7 Å². The second kappa shape index (κ2) is 11.0. The van der Waals surface area contributed by atoms with Crippen molar-refractivity contribution in [3.05, 3.63) is 113 Å². The summed E-state index contributed by atoms with van der Waals surface area (Å²) in [5.41, 5.74) is 6.30. The normalized spacial score (nSPS) is 14.3. The molecular formula is C35H30ClNO5. The molecule has 1 aliphatic rings. The maximum absolute atomic E-state index is 13.1. The predicted molar refractivity (Wildman–Crippen MR) is 165 cm³/mol. The highest BCUT2D eigenvalue weighted by molar-refractivity contribution is 6.31. The summed E-state index contributed by atoms with van der Waals surface area (Å²) in [4.78, 5) is 25.3. The largest absolute Gasteiger partial charge is 0.468 e. The van der Waals surface area contributed by atoms with Crippen LogP contribution in [0.2, 0.25) is 5.02 Å². The van der Waals surface area contributed by atoms with Crippen LogP contribution in [0.4, 0.5) is 10.5 Å². The highest BCUT2D eigenvalue weighted by Gasteiger charge is 2.52. The van der Waals surface area contributed by atoms with E-state index >= 15 is 0 Å². The molecule has 1 heterocycles. The number of anilines is 1. The van der Waals surface area contributed by atoms with Gasteiger partial charge >= 0.3 is 12.1 Å². The lowest BCUT2D eigenvalue weighted by Crippen LogP contribution is -2.21. The summed E-state index contributed by atoms with van der Waals surface area (Å²) in [5.74, 6) is 0.362. The van der Waals surface area contributed by atoms with Crippen molar-refractivity contribution in [2.45, 2.75) is 38.2 Å². The molecule has 5 aromatic rings. The number of furan rings is 1. The summed E-state index contributed by atoms with van der Waals surface area (Å²) < 4.78 is 17.0. The highest BCUT2D eigenvalue weighted by atomic mass is 35.5. The number of nitrogens with one attached hydrogen (secondary N) is 1. The van der Waals surface area contributed by atoms with Gasteiger partial charge in [-0.1, -0.05) is 90.0 Å². The Morgan fingerprint density at radius 1 is 0.905 bits per heavy atom. The van der Waals surface area contributed by atoms with Gasteiger partial charge in [-0.3, -0.25) is 10.1 Å². The standard InChI is InChI=1S/C35H30ClNO5/c1-21-8-17-30-28(20-21)31(37-34(39)41-22(2)27-6-4-5-7-29(27)36)32(42-30)25-11-9-23(10-12-25)24-13-15-26(16-14-24)35(18-19-35)33(38)40-3/h4-17,20,22H,18-19H2,1-3H3,(H,37,39). The molecule has 1 amide bonds. The first-order valence-electron chi connectivity index (χ1n) is 13.8. The molecule has 0 spiro atoms. The number of hydrogen-bond donors (Lipinski definition) is 1. The fourth-order valence-corrected chi connectivity index (χ4v) is 5.72. The molecule has 1 aromatic heterocycles. The lowest BCUT2D eigenvalue weighted by molar-refractivity contribution is -0.143. The van der Waals surface area contributed by atoms with E-state index in [1.165, 1.54) is 7.11 Å². The Bertz CT molecular complexity index is 1790. The van der Waals surface area contributed by atoms with Gasteiger partial charge in [-0.25, -0.2) is 4.79 Å². The van der Waals surface area contributed by atoms with Crippen LogP contribution >= 0.6 is 11.6 Å². The number of carbonyl (C=O) groups excluding carboxylic acids is 2. The molecule has 1 saturated carbocycles. The second-order valence-electron chi connectivity index (χ2n) is 10.7. The molecule has 0 aliphatic heterocycles. The molecule has 0 radical (unpaired) electrons. The number of amides is 1. The fraction of sp³-hybridized carbons (Fsp3) is 0.200. The van der Waals surface area contributed by atoms with Crippen molar-refractivity contribution in [3.8, 4) is 22.5 Å². The van der Waals surface area contributed by atoms with Crippen molar-refractivity contribution in [2.75, 3.05) is 12.4 Å². The molecule has 1 unspecified atom stereocenters. The first kappa shape index (κ1) is 27.6. The van der Waals surface area contributed by atoms with Gasteiger partial charge in [-0.15, -0.1) is 0 Å². The smallest absolute Gasteiger partial charge is 0.412 e. The van der Waals surface area contributed by atoms with Crippen molar-refractivity contribution in [1.82, 2.24) is 0 Å². The zero-order valence-corrected chi connectivity index (χ0v) is 24.3. The zero-order chi connectivity index (χ0) is 29.4. The number of carbonyl (C=O) groups is 2.